The molecule has 3 fully saturated rings. The van der Waals surface area contributed by atoms with Gasteiger partial charge in [-0.05, 0) is 85.6 Å². The highest BCUT2D eigenvalue weighted by molar-refractivity contribution is 6.01. The summed E-state index contributed by atoms with van der Waals surface area (Å²) in [5, 5.41) is 28.7. The molecule has 4 aliphatic carbocycles. The molecule has 12 heteroatoms. The van der Waals surface area contributed by atoms with Crippen molar-refractivity contribution in [2.45, 2.75) is 72.5 Å². The van der Waals surface area contributed by atoms with E-state index in [4.69, 9.17) is 9.84 Å². The highest BCUT2D eigenvalue weighted by atomic mass is 16.9. The SMILES string of the molecule is CC12C=CC(=O)C=C1CCC1C2C(O)CC2(C)C(C(=O)COC(=O)c3ccc(CO[N+](=O)[O-])cc3)CCC12C.CCOC(=O)O. The van der Waals surface area contributed by atoms with Crippen LogP contribution in [0.25, 0.3) is 0 Å². The Labute approximate surface area is 261 Å². The number of hydrogen-bond acceptors (Lipinski definition) is 10. The van der Waals surface area contributed by atoms with E-state index in [2.05, 4.69) is 30.3 Å². The number of aliphatic hydroxyl groups is 1. The smallest absolute Gasteiger partial charge is 0.454 e. The van der Waals surface area contributed by atoms with Crippen LogP contribution in [-0.4, -0.2) is 58.3 Å². The molecular formula is C33H41NO11. The lowest BCUT2D eigenvalue weighted by Gasteiger charge is -2.63. The number of benzene rings is 1. The number of fused-ring (bicyclic) bond motifs is 5. The molecule has 1 aromatic carbocycles. The first-order valence-corrected chi connectivity index (χ1v) is 15.2. The van der Waals surface area contributed by atoms with Gasteiger partial charge in [-0.2, -0.15) is 0 Å². The number of esters is 1. The highest BCUT2D eigenvalue weighted by Gasteiger charge is 2.67. The summed E-state index contributed by atoms with van der Waals surface area (Å²) in [7, 11) is 0. The van der Waals surface area contributed by atoms with Crippen molar-refractivity contribution in [2.75, 3.05) is 13.2 Å². The number of carbonyl (C=O) groups excluding carboxylic acids is 3. The summed E-state index contributed by atoms with van der Waals surface area (Å²) in [6.07, 6.45) is 7.20. The zero-order chi connectivity index (χ0) is 33.2. The molecule has 1 aromatic rings. The molecule has 2 N–H and O–H groups in total. The lowest BCUT2D eigenvalue weighted by atomic mass is 9.42. The molecule has 0 radical (unpaired) electrons. The number of carboxylic acid groups (broad SMARTS) is 1. The van der Waals surface area contributed by atoms with Crippen molar-refractivity contribution in [1.29, 1.82) is 0 Å². The molecule has 244 valence electrons. The Kier molecular flexibility index (Phi) is 9.86. The van der Waals surface area contributed by atoms with Gasteiger partial charge in [-0.1, -0.05) is 44.6 Å². The summed E-state index contributed by atoms with van der Waals surface area (Å²) >= 11 is 0. The van der Waals surface area contributed by atoms with E-state index in [0.29, 0.717) is 18.4 Å². The molecule has 3 saturated carbocycles. The Hall–Kier alpha value is -4.06. The average molecular weight is 628 g/mol. The van der Waals surface area contributed by atoms with Gasteiger partial charge in [0, 0.05) is 17.3 Å². The topological polar surface area (TPSA) is 180 Å². The Balaban J connectivity index is 0.000000700. The molecule has 45 heavy (non-hydrogen) atoms. The van der Waals surface area contributed by atoms with Crippen molar-refractivity contribution in [3.05, 3.63) is 69.3 Å². The van der Waals surface area contributed by atoms with Gasteiger partial charge in [0.25, 0.3) is 5.09 Å². The molecular weight excluding hydrogens is 586 g/mol. The zero-order valence-electron chi connectivity index (χ0n) is 26.0. The Morgan fingerprint density at radius 3 is 2.36 bits per heavy atom. The van der Waals surface area contributed by atoms with Gasteiger partial charge >= 0.3 is 12.1 Å². The van der Waals surface area contributed by atoms with Gasteiger partial charge in [0.15, 0.2) is 18.2 Å². The third kappa shape index (κ3) is 6.51. The lowest BCUT2D eigenvalue weighted by molar-refractivity contribution is -0.763. The maximum absolute atomic E-state index is 13.5. The van der Waals surface area contributed by atoms with Crippen LogP contribution in [0.4, 0.5) is 4.79 Å². The molecule has 0 aliphatic heterocycles. The van der Waals surface area contributed by atoms with Crippen LogP contribution in [0.5, 0.6) is 0 Å². The molecule has 7 atom stereocenters. The molecule has 4 aliphatic rings. The van der Waals surface area contributed by atoms with Crippen molar-refractivity contribution in [2.24, 2.45) is 34.0 Å². The van der Waals surface area contributed by atoms with E-state index in [1.54, 1.807) is 19.1 Å². The maximum atomic E-state index is 13.5. The lowest BCUT2D eigenvalue weighted by Crippen LogP contribution is -2.60. The second-order valence-electron chi connectivity index (χ2n) is 13.0. The Morgan fingerprint density at radius 1 is 1.07 bits per heavy atom. The minimum absolute atomic E-state index is 0.00291. The fourth-order valence-corrected chi connectivity index (χ4v) is 8.51. The van der Waals surface area contributed by atoms with E-state index in [9.17, 15) is 34.4 Å². The second-order valence-corrected chi connectivity index (χ2v) is 13.0. The minimum atomic E-state index is -1.21. The summed E-state index contributed by atoms with van der Waals surface area (Å²) < 4.78 is 9.35. The van der Waals surface area contributed by atoms with Crippen molar-refractivity contribution in [1.82, 2.24) is 0 Å². The van der Waals surface area contributed by atoms with E-state index in [1.807, 2.05) is 6.08 Å². The van der Waals surface area contributed by atoms with Gasteiger partial charge in [0.05, 0.1) is 18.3 Å². The Bertz CT molecular complexity index is 1400. The van der Waals surface area contributed by atoms with Crippen molar-refractivity contribution in [3.8, 4) is 0 Å². The predicted molar refractivity (Wildman–Crippen MR) is 159 cm³/mol. The summed E-state index contributed by atoms with van der Waals surface area (Å²) in [6, 6.07) is 6.04. The van der Waals surface area contributed by atoms with Gasteiger partial charge < -0.3 is 24.5 Å². The van der Waals surface area contributed by atoms with Gasteiger partial charge in [0.1, 0.15) is 6.61 Å². The van der Waals surface area contributed by atoms with Crippen LogP contribution >= 0.6 is 0 Å². The van der Waals surface area contributed by atoms with E-state index >= 15 is 0 Å². The second kappa shape index (κ2) is 13.1. The molecule has 0 aromatic heterocycles. The van der Waals surface area contributed by atoms with Gasteiger partial charge in [-0.25, -0.2) is 9.59 Å². The molecule has 5 rings (SSSR count). The quantitative estimate of drug-likeness (QED) is 0.222. The van der Waals surface area contributed by atoms with Gasteiger partial charge in [0.2, 0.25) is 0 Å². The molecule has 7 unspecified atom stereocenters. The minimum Gasteiger partial charge on any atom is -0.454 e. The molecule has 0 heterocycles. The van der Waals surface area contributed by atoms with Gasteiger partial charge in [-0.15, -0.1) is 10.1 Å². The van der Waals surface area contributed by atoms with Gasteiger partial charge in [-0.3, -0.25) is 9.59 Å². The number of allylic oxidation sites excluding steroid dienone is 4. The number of Topliss-reactive ketones (excluding diaryl/α,β-unsaturated/α-hetero) is 1. The number of hydrogen-bond donors (Lipinski definition) is 2. The van der Waals surface area contributed by atoms with Crippen LogP contribution in [0, 0.1) is 44.1 Å². The van der Waals surface area contributed by atoms with Crippen LogP contribution in [-0.2, 0) is 30.5 Å². The number of aliphatic hydroxyl groups excluding tert-OH is 1. The van der Waals surface area contributed by atoms with Crippen molar-refractivity contribution in [3.63, 3.8) is 0 Å². The summed E-state index contributed by atoms with van der Waals surface area (Å²) in [4.78, 5) is 62.2. The Morgan fingerprint density at radius 2 is 1.76 bits per heavy atom. The first-order valence-electron chi connectivity index (χ1n) is 15.2. The number of ether oxygens (including phenoxy) is 2. The van der Waals surface area contributed by atoms with E-state index < -0.39 is 28.7 Å². The third-order valence-corrected chi connectivity index (χ3v) is 10.9. The highest BCUT2D eigenvalue weighted by Crippen LogP contribution is 2.71. The summed E-state index contributed by atoms with van der Waals surface area (Å²) in [5.41, 5.74) is 0.876. The zero-order valence-corrected chi connectivity index (χ0v) is 26.0. The summed E-state index contributed by atoms with van der Waals surface area (Å²) in [6.45, 7) is 7.79. The maximum Gasteiger partial charge on any atom is 0.505 e. The average Bonchev–Trinajstić information content (AvgIpc) is 3.25. The fraction of sp³-hybridized carbons (Fsp3) is 0.576. The number of ketones is 2. The third-order valence-electron chi connectivity index (χ3n) is 10.9. The molecule has 0 amide bonds. The van der Waals surface area contributed by atoms with Crippen LogP contribution < -0.4 is 0 Å². The predicted octanol–water partition coefficient (Wildman–Crippen LogP) is 5.11. The largest absolute Gasteiger partial charge is 0.505 e. The van der Waals surface area contributed by atoms with Crippen LogP contribution in [0.1, 0.15) is 75.7 Å². The fourth-order valence-electron chi connectivity index (χ4n) is 8.51. The molecule has 0 saturated heterocycles. The normalized spacial score (nSPS) is 32.8. The van der Waals surface area contributed by atoms with Crippen molar-refractivity contribution >= 4 is 23.7 Å². The van der Waals surface area contributed by atoms with Crippen LogP contribution in [0.2, 0.25) is 0 Å². The molecule has 0 bridgehead atoms. The number of nitrogens with zero attached hydrogens (tertiary/aromatic N) is 1. The van der Waals surface area contributed by atoms with E-state index in [1.165, 1.54) is 24.3 Å². The van der Waals surface area contributed by atoms with E-state index in [0.717, 1.165) is 24.8 Å². The standard InChI is InChI=1S/C30H35NO8.C3H6O3/c1-28-12-10-21(32)14-20(28)8-9-23-26(28)24(33)15-30(3)22(11-13-29(23,30)2)25(34)17-38-27(35)19-6-4-18(5-7-19)16-39-31(36)37;1-2-6-3(4)5/h4-7,10,12,14,22-24,26,33H,8-9,11,13,15-17H2,1-3H3;2H2,1H3,(H,4,5). The summed E-state index contributed by atoms with van der Waals surface area (Å²) in [5.74, 6) is -0.932. The molecule has 0 spiro atoms. The van der Waals surface area contributed by atoms with Crippen molar-refractivity contribution < 1.29 is 48.8 Å². The van der Waals surface area contributed by atoms with Crippen LogP contribution in [0.15, 0.2) is 48.1 Å². The number of rotatable bonds is 8. The molecule has 12 nitrogen and oxygen atoms in total. The van der Waals surface area contributed by atoms with Crippen LogP contribution in [0.3, 0.4) is 0 Å². The monoisotopic (exact) mass is 627 g/mol. The number of carbonyl (C=O) groups is 4. The van der Waals surface area contributed by atoms with E-state index in [-0.39, 0.29) is 65.5 Å². The first-order chi connectivity index (χ1) is 21.2. The first kappa shape index (κ1) is 33.8.